The SMILES string of the molecule is CCn1cnnc1CNC1CCCc2occc21. The maximum atomic E-state index is 5.49. The zero-order valence-electron chi connectivity index (χ0n) is 10.6. The Bertz CT molecular complexity index is 517. The molecule has 5 heteroatoms. The molecule has 2 heterocycles. The van der Waals surface area contributed by atoms with Gasteiger partial charge in [-0.25, -0.2) is 0 Å². The van der Waals surface area contributed by atoms with Crippen molar-refractivity contribution in [1.82, 2.24) is 20.1 Å². The fraction of sp³-hybridized carbons (Fsp3) is 0.538. The molecule has 1 N–H and O–H groups in total. The van der Waals surface area contributed by atoms with E-state index >= 15 is 0 Å². The van der Waals surface area contributed by atoms with Crippen molar-refractivity contribution in [3.05, 3.63) is 35.8 Å². The molecule has 2 aromatic heterocycles. The van der Waals surface area contributed by atoms with Crippen molar-refractivity contribution in [3.63, 3.8) is 0 Å². The maximum Gasteiger partial charge on any atom is 0.146 e. The lowest BCUT2D eigenvalue weighted by Gasteiger charge is -2.22. The molecule has 96 valence electrons. The zero-order chi connectivity index (χ0) is 12.4. The summed E-state index contributed by atoms with van der Waals surface area (Å²) in [6.07, 6.45) is 6.97. The Morgan fingerprint density at radius 1 is 1.56 bits per heavy atom. The van der Waals surface area contributed by atoms with Crippen LogP contribution in [0, 0.1) is 0 Å². The minimum Gasteiger partial charge on any atom is -0.469 e. The van der Waals surface area contributed by atoms with Gasteiger partial charge in [0.2, 0.25) is 0 Å². The molecule has 1 aliphatic carbocycles. The summed E-state index contributed by atoms with van der Waals surface area (Å²) in [4.78, 5) is 0. The third-order valence-corrected chi connectivity index (χ3v) is 3.59. The fourth-order valence-electron chi connectivity index (χ4n) is 2.59. The average molecular weight is 246 g/mol. The summed E-state index contributed by atoms with van der Waals surface area (Å²) in [6.45, 7) is 3.76. The normalized spacial score (nSPS) is 18.8. The molecule has 0 fully saturated rings. The highest BCUT2D eigenvalue weighted by atomic mass is 16.3. The van der Waals surface area contributed by atoms with E-state index in [0.29, 0.717) is 6.04 Å². The third-order valence-electron chi connectivity index (χ3n) is 3.59. The number of nitrogens with one attached hydrogen (secondary N) is 1. The third kappa shape index (κ3) is 2.06. The van der Waals surface area contributed by atoms with Crippen LogP contribution in [0.1, 0.15) is 43.0 Å². The van der Waals surface area contributed by atoms with E-state index in [1.165, 1.54) is 12.0 Å². The average Bonchev–Trinajstić information content (AvgIpc) is 3.04. The first-order chi connectivity index (χ1) is 8.88. The maximum absolute atomic E-state index is 5.49. The summed E-state index contributed by atoms with van der Waals surface area (Å²) in [6, 6.07) is 2.46. The van der Waals surface area contributed by atoms with Crippen molar-refractivity contribution in [2.45, 2.75) is 45.3 Å². The summed E-state index contributed by atoms with van der Waals surface area (Å²) >= 11 is 0. The molecule has 0 saturated carbocycles. The molecule has 3 rings (SSSR count). The van der Waals surface area contributed by atoms with Crippen LogP contribution in [0.5, 0.6) is 0 Å². The number of aromatic nitrogens is 3. The molecule has 18 heavy (non-hydrogen) atoms. The van der Waals surface area contributed by atoms with E-state index in [1.807, 2.05) is 0 Å². The molecule has 0 aliphatic heterocycles. The van der Waals surface area contributed by atoms with Crippen molar-refractivity contribution < 1.29 is 4.42 Å². The number of hydrogen-bond donors (Lipinski definition) is 1. The first-order valence-electron chi connectivity index (χ1n) is 6.55. The van der Waals surface area contributed by atoms with E-state index in [2.05, 4.69) is 33.1 Å². The van der Waals surface area contributed by atoms with E-state index in [9.17, 15) is 0 Å². The van der Waals surface area contributed by atoms with Gasteiger partial charge in [-0.2, -0.15) is 0 Å². The van der Waals surface area contributed by atoms with E-state index in [4.69, 9.17) is 4.42 Å². The Hall–Kier alpha value is -1.62. The smallest absolute Gasteiger partial charge is 0.146 e. The Morgan fingerprint density at radius 2 is 2.50 bits per heavy atom. The van der Waals surface area contributed by atoms with Crippen molar-refractivity contribution in [1.29, 1.82) is 0 Å². The summed E-state index contributed by atoms with van der Waals surface area (Å²) in [5, 5.41) is 11.6. The predicted molar refractivity (Wildman–Crippen MR) is 66.9 cm³/mol. The lowest BCUT2D eigenvalue weighted by atomic mass is 9.93. The molecule has 0 amide bonds. The molecule has 0 saturated heterocycles. The second-order valence-corrected chi connectivity index (χ2v) is 4.66. The van der Waals surface area contributed by atoms with Gasteiger partial charge in [0.1, 0.15) is 17.9 Å². The molecular weight excluding hydrogens is 228 g/mol. The van der Waals surface area contributed by atoms with Crippen LogP contribution in [0.15, 0.2) is 23.1 Å². The van der Waals surface area contributed by atoms with Gasteiger partial charge in [0.25, 0.3) is 0 Å². The highest BCUT2D eigenvalue weighted by Gasteiger charge is 2.22. The fourth-order valence-corrected chi connectivity index (χ4v) is 2.59. The summed E-state index contributed by atoms with van der Waals surface area (Å²) in [5.41, 5.74) is 1.31. The number of furan rings is 1. The first kappa shape index (κ1) is 11.5. The number of nitrogens with zero attached hydrogens (tertiary/aromatic N) is 3. The molecule has 0 bridgehead atoms. The summed E-state index contributed by atoms with van der Waals surface area (Å²) in [5.74, 6) is 2.13. The van der Waals surface area contributed by atoms with Gasteiger partial charge in [0.15, 0.2) is 0 Å². The number of aryl methyl sites for hydroxylation is 2. The van der Waals surface area contributed by atoms with Gasteiger partial charge in [-0.1, -0.05) is 0 Å². The van der Waals surface area contributed by atoms with Gasteiger partial charge in [-0.15, -0.1) is 10.2 Å². The van der Waals surface area contributed by atoms with Gasteiger partial charge in [-0.05, 0) is 25.8 Å². The summed E-state index contributed by atoms with van der Waals surface area (Å²) in [7, 11) is 0. The summed E-state index contributed by atoms with van der Waals surface area (Å²) < 4.78 is 7.56. The second-order valence-electron chi connectivity index (χ2n) is 4.66. The molecule has 1 unspecified atom stereocenters. The van der Waals surface area contributed by atoms with Gasteiger partial charge < -0.3 is 14.3 Å². The van der Waals surface area contributed by atoms with Crippen molar-refractivity contribution in [3.8, 4) is 0 Å². The Labute approximate surface area is 106 Å². The Morgan fingerprint density at radius 3 is 3.39 bits per heavy atom. The van der Waals surface area contributed by atoms with Crippen LogP contribution >= 0.6 is 0 Å². The molecule has 5 nitrogen and oxygen atoms in total. The monoisotopic (exact) mass is 246 g/mol. The highest BCUT2D eigenvalue weighted by Crippen LogP contribution is 2.30. The Kier molecular flexibility index (Phi) is 3.15. The van der Waals surface area contributed by atoms with E-state index in [0.717, 1.165) is 37.5 Å². The van der Waals surface area contributed by atoms with E-state index in [-0.39, 0.29) is 0 Å². The van der Waals surface area contributed by atoms with Gasteiger partial charge >= 0.3 is 0 Å². The lowest BCUT2D eigenvalue weighted by molar-refractivity contribution is 0.405. The number of fused-ring (bicyclic) bond motifs is 1. The highest BCUT2D eigenvalue weighted by molar-refractivity contribution is 5.24. The van der Waals surface area contributed by atoms with Gasteiger partial charge in [0, 0.05) is 24.6 Å². The minimum atomic E-state index is 0.384. The van der Waals surface area contributed by atoms with Gasteiger partial charge in [-0.3, -0.25) is 0 Å². The molecular formula is C13H18N4O. The van der Waals surface area contributed by atoms with Crippen LogP contribution in [0.4, 0.5) is 0 Å². The largest absolute Gasteiger partial charge is 0.469 e. The quantitative estimate of drug-likeness (QED) is 0.897. The van der Waals surface area contributed by atoms with Crippen LogP contribution in [0.25, 0.3) is 0 Å². The topological polar surface area (TPSA) is 55.9 Å². The Balaban J connectivity index is 1.68. The minimum absolute atomic E-state index is 0.384. The second kappa shape index (κ2) is 4.94. The molecule has 2 aromatic rings. The van der Waals surface area contributed by atoms with Crippen LogP contribution in [-0.2, 0) is 19.5 Å². The van der Waals surface area contributed by atoms with E-state index < -0.39 is 0 Å². The van der Waals surface area contributed by atoms with Crippen molar-refractivity contribution >= 4 is 0 Å². The molecule has 1 atom stereocenters. The van der Waals surface area contributed by atoms with E-state index in [1.54, 1.807) is 12.6 Å². The van der Waals surface area contributed by atoms with Crippen LogP contribution < -0.4 is 5.32 Å². The predicted octanol–water partition coefficient (Wildman–Crippen LogP) is 2.06. The molecule has 0 aromatic carbocycles. The van der Waals surface area contributed by atoms with Crippen LogP contribution in [-0.4, -0.2) is 14.8 Å². The molecule has 0 spiro atoms. The van der Waals surface area contributed by atoms with Crippen molar-refractivity contribution in [2.24, 2.45) is 0 Å². The number of hydrogen-bond acceptors (Lipinski definition) is 4. The standard InChI is InChI=1S/C13H18N4O/c1-2-17-9-15-16-13(17)8-14-11-4-3-5-12-10(11)6-7-18-12/h6-7,9,11,14H,2-5,8H2,1H3. The first-order valence-corrected chi connectivity index (χ1v) is 6.55. The molecule has 1 aliphatic rings. The molecule has 0 radical (unpaired) electrons. The van der Waals surface area contributed by atoms with Crippen LogP contribution in [0.2, 0.25) is 0 Å². The zero-order valence-corrected chi connectivity index (χ0v) is 10.6. The van der Waals surface area contributed by atoms with Gasteiger partial charge in [0.05, 0.1) is 12.8 Å². The van der Waals surface area contributed by atoms with Crippen LogP contribution in [0.3, 0.4) is 0 Å². The number of rotatable bonds is 4. The lowest BCUT2D eigenvalue weighted by Crippen LogP contribution is -2.25. The van der Waals surface area contributed by atoms with Crippen molar-refractivity contribution in [2.75, 3.05) is 0 Å².